The summed E-state index contributed by atoms with van der Waals surface area (Å²) in [5, 5.41) is 8.62. The summed E-state index contributed by atoms with van der Waals surface area (Å²) in [6, 6.07) is 0. The molecule has 0 aromatic heterocycles. The summed E-state index contributed by atoms with van der Waals surface area (Å²) in [5.41, 5.74) is 1.40. The Labute approximate surface area is 67.2 Å². The van der Waals surface area contributed by atoms with E-state index in [0.29, 0.717) is 12.0 Å². The summed E-state index contributed by atoms with van der Waals surface area (Å²) < 4.78 is 0. The van der Waals surface area contributed by atoms with Gasteiger partial charge in [0.25, 0.3) is 0 Å². The van der Waals surface area contributed by atoms with Gasteiger partial charge in [-0.25, -0.2) is 4.79 Å². The fourth-order valence-electron chi connectivity index (χ4n) is 0.888. The van der Waals surface area contributed by atoms with E-state index >= 15 is 0 Å². The molecule has 0 heterocycles. The summed E-state index contributed by atoms with van der Waals surface area (Å²) in [5.74, 6) is -0.830. The molecule has 0 aromatic rings. The van der Waals surface area contributed by atoms with E-state index < -0.39 is 5.97 Å². The van der Waals surface area contributed by atoms with Gasteiger partial charge in [-0.2, -0.15) is 0 Å². The van der Waals surface area contributed by atoms with Crippen molar-refractivity contribution in [3.63, 3.8) is 0 Å². The summed E-state index contributed by atoms with van der Waals surface area (Å²) in [6.07, 6.45) is 3.18. The maximum Gasteiger partial charge on any atom is 0.331 e. The quantitative estimate of drug-likeness (QED) is 0.498. The second-order valence-corrected chi connectivity index (χ2v) is 2.38. The lowest BCUT2D eigenvalue weighted by Gasteiger charge is -2.02. The lowest BCUT2D eigenvalue weighted by atomic mass is 10.0. The average Bonchev–Trinajstić information content (AvgIpc) is 1.98. The van der Waals surface area contributed by atoms with Crippen molar-refractivity contribution < 1.29 is 9.90 Å². The molecule has 0 aliphatic carbocycles. The van der Waals surface area contributed by atoms with Gasteiger partial charge < -0.3 is 5.11 Å². The van der Waals surface area contributed by atoms with Crippen LogP contribution >= 0.6 is 0 Å². The molecule has 0 aliphatic rings. The van der Waals surface area contributed by atoms with Gasteiger partial charge in [-0.1, -0.05) is 18.6 Å². The van der Waals surface area contributed by atoms with E-state index in [1.807, 2.05) is 6.92 Å². The van der Waals surface area contributed by atoms with Crippen molar-refractivity contribution in [3.8, 4) is 0 Å². The third-order valence-corrected chi connectivity index (χ3v) is 1.67. The minimum absolute atomic E-state index is 0.451. The SMILES string of the molecule is C=CC/C(CC)=C(\C)C(=O)O. The first-order chi connectivity index (χ1) is 5.13. The van der Waals surface area contributed by atoms with Gasteiger partial charge in [-0.3, -0.25) is 0 Å². The molecule has 0 unspecified atom stereocenters. The van der Waals surface area contributed by atoms with Crippen LogP contribution in [0.4, 0.5) is 0 Å². The third kappa shape index (κ3) is 3.03. The Balaban J connectivity index is 4.52. The molecular formula is C9H14O2. The number of hydrogen-bond donors (Lipinski definition) is 1. The molecule has 0 amide bonds. The molecule has 0 radical (unpaired) electrons. The summed E-state index contributed by atoms with van der Waals surface area (Å²) >= 11 is 0. The molecule has 0 spiro atoms. The minimum Gasteiger partial charge on any atom is -0.478 e. The van der Waals surface area contributed by atoms with E-state index in [1.54, 1.807) is 13.0 Å². The van der Waals surface area contributed by atoms with Gasteiger partial charge in [0.1, 0.15) is 0 Å². The lowest BCUT2D eigenvalue weighted by molar-refractivity contribution is -0.132. The van der Waals surface area contributed by atoms with Gasteiger partial charge in [0.05, 0.1) is 0 Å². The van der Waals surface area contributed by atoms with E-state index in [1.165, 1.54) is 0 Å². The Morgan fingerprint density at radius 1 is 1.64 bits per heavy atom. The minimum atomic E-state index is -0.830. The number of carbonyl (C=O) groups is 1. The molecule has 0 rings (SSSR count). The van der Waals surface area contributed by atoms with Crippen LogP contribution in [0.2, 0.25) is 0 Å². The molecule has 11 heavy (non-hydrogen) atoms. The first-order valence-electron chi connectivity index (χ1n) is 3.66. The standard InChI is InChI=1S/C9H14O2/c1-4-6-8(5-2)7(3)9(10)11/h4H,1,5-6H2,2-3H3,(H,10,11)/b8-7+. The van der Waals surface area contributed by atoms with Crippen LogP contribution in [0.3, 0.4) is 0 Å². The van der Waals surface area contributed by atoms with E-state index in [-0.39, 0.29) is 0 Å². The molecule has 2 heteroatoms. The maximum absolute atomic E-state index is 10.5. The first-order valence-corrected chi connectivity index (χ1v) is 3.66. The summed E-state index contributed by atoms with van der Waals surface area (Å²) in [7, 11) is 0. The van der Waals surface area contributed by atoms with E-state index in [9.17, 15) is 4.79 Å². The van der Waals surface area contributed by atoms with Crippen LogP contribution in [0, 0.1) is 0 Å². The van der Waals surface area contributed by atoms with E-state index in [0.717, 1.165) is 12.0 Å². The Kier molecular flexibility index (Phi) is 4.27. The molecule has 1 N–H and O–H groups in total. The number of carboxylic acids is 1. The topological polar surface area (TPSA) is 37.3 Å². The Bertz CT molecular complexity index is 190. The highest BCUT2D eigenvalue weighted by molar-refractivity contribution is 5.86. The fraction of sp³-hybridized carbons (Fsp3) is 0.444. The van der Waals surface area contributed by atoms with Gasteiger partial charge in [0.15, 0.2) is 0 Å². The summed E-state index contributed by atoms with van der Waals surface area (Å²) in [4.78, 5) is 10.5. The highest BCUT2D eigenvalue weighted by atomic mass is 16.4. The van der Waals surface area contributed by atoms with E-state index in [2.05, 4.69) is 6.58 Å². The second kappa shape index (κ2) is 4.72. The van der Waals surface area contributed by atoms with Crippen LogP contribution in [0.5, 0.6) is 0 Å². The van der Waals surface area contributed by atoms with Crippen molar-refractivity contribution in [2.24, 2.45) is 0 Å². The zero-order valence-corrected chi connectivity index (χ0v) is 7.05. The number of hydrogen-bond acceptors (Lipinski definition) is 1. The smallest absolute Gasteiger partial charge is 0.331 e. The van der Waals surface area contributed by atoms with Gasteiger partial charge >= 0.3 is 5.97 Å². The second-order valence-electron chi connectivity index (χ2n) is 2.38. The Hall–Kier alpha value is -1.05. The molecule has 0 bridgehead atoms. The van der Waals surface area contributed by atoms with Crippen LogP contribution in [-0.4, -0.2) is 11.1 Å². The van der Waals surface area contributed by atoms with Gasteiger partial charge in [0.2, 0.25) is 0 Å². The molecule has 2 nitrogen and oxygen atoms in total. The van der Waals surface area contributed by atoms with Crippen molar-refractivity contribution in [2.75, 3.05) is 0 Å². The number of rotatable bonds is 4. The van der Waals surface area contributed by atoms with Gasteiger partial charge in [0, 0.05) is 5.57 Å². The zero-order chi connectivity index (χ0) is 8.85. The van der Waals surface area contributed by atoms with Gasteiger partial charge in [-0.05, 0) is 19.8 Å². The zero-order valence-electron chi connectivity index (χ0n) is 7.05. The predicted octanol–water partition coefficient (Wildman–Crippen LogP) is 2.37. The highest BCUT2D eigenvalue weighted by Gasteiger charge is 2.05. The monoisotopic (exact) mass is 154 g/mol. The van der Waals surface area contributed by atoms with Crippen molar-refractivity contribution in [1.29, 1.82) is 0 Å². The largest absolute Gasteiger partial charge is 0.478 e. The van der Waals surface area contributed by atoms with Crippen molar-refractivity contribution >= 4 is 5.97 Å². The molecular weight excluding hydrogens is 140 g/mol. The van der Waals surface area contributed by atoms with Crippen molar-refractivity contribution in [3.05, 3.63) is 23.8 Å². The van der Waals surface area contributed by atoms with Gasteiger partial charge in [-0.15, -0.1) is 6.58 Å². The lowest BCUT2D eigenvalue weighted by Crippen LogP contribution is -2.00. The number of aliphatic carboxylic acids is 1. The van der Waals surface area contributed by atoms with Crippen LogP contribution in [0.1, 0.15) is 26.7 Å². The summed E-state index contributed by atoms with van der Waals surface area (Å²) in [6.45, 7) is 7.14. The van der Waals surface area contributed by atoms with Crippen LogP contribution in [-0.2, 0) is 4.79 Å². The van der Waals surface area contributed by atoms with E-state index in [4.69, 9.17) is 5.11 Å². The molecule has 0 atom stereocenters. The normalized spacial score (nSPS) is 12.2. The Morgan fingerprint density at radius 3 is 2.45 bits per heavy atom. The maximum atomic E-state index is 10.5. The molecule has 0 saturated carbocycles. The number of carboxylic acid groups (broad SMARTS) is 1. The molecule has 0 fully saturated rings. The highest BCUT2D eigenvalue weighted by Crippen LogP contribution is 2.12. The molecule has 0 aromatic carbocycles. The first kappa shape index (κ1) is 9.95. The molecule has 0 saturated heterocycles. The Morgan fingerprint density at radius 2 is 2.18 bits per heavy atom. The van der Waals surface area contributed by atoms with Crippen LogP contribution < -0.4 is 0 Å². The molecule has 62 valence electrons. The van der Waals surface area contributed by atoms with Crippen molar-refractivity contribution in [1.82, 2.24) is 0 Å². The fourth-order valence-corrected chi connectivity index (χ4v) is 0.888. The number of allylic oxidation sites excluding steroid dienone is 2. The molecule has 0 aliphatic heterocycles. The predicted molar refractivity (Wildman–Crippen MR) is 45.4 cm³/mol. The average molecular weight is 154 g/mol. The van der Waals surface area contributed by atoms with Crippen LogP contribution in [0.15, 0.2) is 23.8 Å². The van der Waals surface area contributed by atoms with Crippen molar-refractivity contribution in [2.45, 2.75) is 26.7 Å². The van der Waals surface area contributed by atoms with Crippen LogP contribution in [0.25, 0.3) is 0 Å². The third-order valence-electron chi connectivity index (χ3n) is 1.67.